The van der Waals surface area contributed by atoms with Gasteiger partial charge in [-0.05, 0) is 26.7 Å². The summed E-state index contributed by atoms with van der Waals surface area (Å²) in [5.41, 5.74) is -0.275. The van der Waals surface area contributed by atoms with Crippen LogP contribution in [0, 0.1) is 11.8 Å². The molecule has 0 bridgehead atoms. The first kappa shape index (κ1) is 13.9. The standard InChI is InChI=1S/C15H27NO2/c1-15(2,13-8-10-16-11-9-13)18-14(17)12-6-4-3-5-7-12/h12-13,16H,3-11H2,1-2H3/p+1. The summed E-state index contributed by atoms with van der Waals surface area (Å²) in [6, 6.07) is 0. The third-order valence-corrected chi connectivity index (χ3v) is 4.72. The van der Waals surface area contributed by atoms with Gasteiger partial charge in [-0.25, -0.2) is 0 Å². The SMILES string of the molecule is CC(C)(OC(=O)C1CCCCC1)C1CC[NH2+]CC1. The molecule has 2 fully saturated rings. The molecular formula is C15H28NO2+. The van der Waals surface area contributed by atoms with Crippen molar-refractivity contribution in [2.45, 2.75) is 64.4 Å². The van der Waals surface area contributed by atoms with Crippen LogP contribution in [0.3, 0.4) is 0 Å². The average molecular weight is 254 g/mol. The van der Waals surface area contributed by atoms with Crippen LogP contribution < -0.4 is 5.32 Å². The number of ether oxygens (including phenoxy) is 1. The molecule has 0 radical (unpaired) electrons. The summed E-state index contributed by atoms with van der Waals surface area (Å²) in [7, 11) is 0. The number of carbonyl (C=O) groups is 1. The van der Waals surface area contributed by atoms with E-state index in [2.05, 4.69) is 19.2 Å². The number of nitrogens with two attached hydrogens (primary N) is 1. The van der Waals surface area contributed by atoms with Gasteiger partial charge in [0.05, 0.1) is 19.0 Å². The highest BCUT2D eigenvalue weighted by atomic mass is 16.6. The number of hydrogen-bond donors (Lipinski definition) is 1. The second-order valence-electron chi connectivity index (χ2n) is 6.50. The topological polar surface area (TPSA) is 42.9 Å². The number of carbonyl (C=O) groups excluding carboxylic acids is 1. The fraction of sp³-hybridized carbons (Fsp3) is 0.933. The summed E-state index contributed by atoms with van der Waals surface area (Å²) in [4.78, 5) is 12.2. The van der Waals surface area contributed by atoms with Crippen LogP contribution >= 0.6 is 0 Å². The monoisotopic (exact) mass is 254 g/mol. The smallest absolute Gasteiger partial charge is 0.309 e. The largest absolute Gasteiger partial charge is 0.459 e. The molecular weight excluding hydrogens is 226 g/mol. The van der Waals surface area contributed by atoms with Crippen LogP contribution in [0.4, 0.5) is 0 Å². The normalized spacial score (nSPS) is 23.9. The molecule has 1 aliphatic heterocycles. The lowest BCUT2D eigenvalue weighted by Crippen LogP contribution is -2.86. The van der Waals surface area contributed by atoms with Crippen molar-refractivity contribution in [3.63, 3.8) is 0 Å². The fourth-order valence-corrected chi connectivity index (χ4v) is 3.39. The van der Waals surface area contributed by atoms with Crippen LogP contribution in [-0.4, -0.2) is 24.7 Å². The third-order valence-electron chi connectivity index (χ3n) is 4.72. The number of esters is 1. The van der Waals surface area contributed by atoms with E-state index in [-0.39, 0.29) is 17.5 Å². The Kier molecular flexibility index (Phi) is 4.66. The van der Waals surface area contributed by atoms with Crippen LogP contribution in [0.5, 0.6) is 0 Å². The second-order valence-corrected chi connectivity index (χ2v) is 6.50. The van der Waals surface area contributed by atoms with Crippen LogP contribution in [0.25, 0.3) is 0 Å². The maximum atomic E-state index is 12.2. The first-order valence-corrected chi connectivity index (χ1v) is 7.64. The van der Waals surface area contributed by atoms with E-state index in [0.29, 0.717) is 5.92 Å². The molecule has 1 saturated carbocycles. The quantitative estimate of drug-likeness (QED) is 0.781. The van der Waals surface area contributed by atoms with Crippen molar-refractivity contribution in [2.75, 3.05) is 13.1 Å². The van der Waals surface area contributed by atoms with Gasteiger partial charge in [0.1, 0.15) is 5.60 Å². The Hall–Kier alpha value is -0.570. The Balaban J connectivity index is 1.87. The molecule has 2 rings (SSSR count). The van der Waals surface area contributed by atoms with E-state index in [1.165, 1.54) is 45.2 Å². The molecule has 0 aromatic rings. The molecule has 3 nitrogen and oxygen atoms in total. The maximum Gasteiger partial charge on any atom is 0.309 e. The predicted octanol–water partition coefficient (Wildman–Crippen LogP) is 1.86. The van der Waals surface area contributed by atoms with Crippen molar-refractivity contribution in [1.82, 2.24) is 0 Å². The molecule has 18 heavy (non-hydrogen) atoms. The Labute approximate surface area is 111 Å². The Morgan fingerprint density at radius 1 is 1.06 bits per heavy atom. The first-order chi connectivity index (χ1) is 8.59. The summed E-state index contributed by atoms with van der Waals surface area (Å²) < 4.78 is 5.86. The fourth-order valence-electron chi connectivity index (χ4n) is 3.39. The Morgan fingerprint density at radius 2 is 1.67 bits per heavy atom. The molecule has 1 heterocycles. The Bertz CT molecular complexity index is 276. The molecule has 0 atom stereocenters. The zero-order valence-corrected chi connectivity index (χ0v) is 11.9. The van der Waals surface area contributed by atoms with Crippen molar-refractivity contribution < 1.29 is 14.8 Å². The lowest BCUT2D eigenvalue weighted by atomic mass is 9.83. The van der Waals surface area contributed by atoms with Gasteiger partial charge in [0, 0.05) is 18.8 Å². The lowest BCUT2D eigenvalue weighted by Gasteiger charge is -2.36. The van der Waals surface area contributed by atoms with Crippen molar-refractivity contribution in [1.29, 1.82) is 0 Å². The third kappa shape index (κ3) is 3.47. The van der Waals surface area contributed by atoms with E-state index in [1.807, 2.05) is 0 Å². The van der Waals surface area contributed by atoms with Gasteiger partial charge in [-0.15, -0.1) is 0 Å². The summed E-state index contributed by atoms with van der Waals surface area (Å²) in [5.74, 6) is 0.775. The summed E-state index contributed by atoms with van der Waals surface area (Å²) in [5, 5.41) is 2.36. The minimum absolute atomic E-state index is 0.0641. The second kappa shape index (κ2) is 6.05. The molecule has 0 spiro atoms. The van der Waals surface area contributed by atoms with E-state index < -0.39 is 0 Å². The Morgan fingerprint density at radius 3 is 2.28 bits per heavy atom. The average Bonchev–Trinajstić information content (AvgIpc) is 2.40. The molecule has 2 aliphatic rings. The zero-order valence-electron chi connectivity index (χ0n) is 11.9. The molecule has 0 aromatic heterocycles. The summed E-state index contributed by atoms with van der Waals surface area (Å²) in [6.07, 6.45) is 8.08. The van der Waals surface area contributed by atoms with Gasteiger partial charge < -0.3 is 10.1 Å². The molecule has 0 amide bonds. The van der Waals surface area contributed by atoms with E-state index in [9.17, 15) is 4.79 Å². The highest BCUT2D eigenvalue weighted by Crippen LogP contribution is 2.31. The van der Waals surface area contributed by atoms with Gasteiger partial charge in [0.25, 0.3) is 0 Å². The van der Waals surface area contributed by atoms with E-state index >= 15 is 0 Å². The number of rotatable bonds is 3. The molecule has 104 valence electrons. The summed E-state index contributed by atoms with van der Waals surface area (Å²) >= 11 is 0. The number of quaternary nitrogens is 1. The highest BCUT2D eigenvalue weighted by molar-refractivity contribution is 5.73. The van der Waals surface area contributed by atoms with Gasteiger partial charge >= 0.3 is 5.97 Å². The predicted molar refractivity (Wildman–Crippen MR) is 71.1 cm³/mol. The van der Waals surface area contributed by atoms with Crippen molar-refractivity contribution >= 4 is 5.97 Å². The number of piperidine rings is 1. The highest BCUT2D eigenvalue weighted by Gasteiger charge is 2.37. The minimum Gasteiger partial charge on any atom is -0.459 e. The molecule has 0 unspecified atom stereocenters. The van der Waals surface area contributed by atoms with Gasteiger partial charge in [-0.3, -0.25) is 4.79 Å². The van der Waals surface area contributed by atoms with E-state index in [4.69, 9.17) is 4.74 Å². The van der Waals surface area contributed by atoms with Crippen LogP contribution in [-0.2, 0) is 9.53 Å². The van der Waals surface area contributed by atoms with Crippen LogP contribution in [0.2, 0.25) is 0 Å². The molecule has 1 saturated heterocycles. The summed E-state index contributed by atoms with van der Waals surface area (Å²) in [6.45, 7) is 6.55. The van der Waals surface area contributed by atoms with Crippen molar-refractivity contribution in [3.05, 3.63) is 0 Å². The number of hydrogen-bond acceptors (Lipinski definition) is 2. The van der Waals surface area contributed by atoms with Crippen molar-refractivity contribution in [2.24, 2.45) is 11.8 Å². The van der Waals surface area contributed by atoms with Crippen molar-refractivity contribution in [3.8, 4) is 0 Å². The molecule has 3 heteroatoms. The molecule has 0 aromatic carbocycles. The van der Waals surface area contributed by atoms with E-state index in [1.54, 1.807) is 0 Å². The minimum atomic E-state index is -0.275. The van der Waals surface area contributed by atoms with E-state index in [0.717, 1.165) is 12.8 Å². The maximum absolute atomic E-state index is 12.2. The van der Waals surface area contributed by atoms with Gasteiger partial charge in [0.15, 0.2) is 0 Å². The first-order valence-electron chi connectivity index (χ1n) is 7.64. The van der Waals surface area contributed by atoms with Crippen LogP contribution in [0.15, 0.2) is 0 Å². The lowest BCUT2D eigenvalue weighted by molar-refractivity contribution is -0.665. The van der Waals surface area contributed by atoms with Gasteiger partial charge in [-0.1, -0.05) is 19.3 Å². The van der Waals surface area contributed by atoms with Crippen LogP contribution in [0.1, 0.15) is 58.8 Å². The van der Waals surface area contributed by atoms with Gasteiger partial charge in [0.2, 0.25) is 0 Å². The zero-order chi connectivity index (χ0) is 13.0. The molecule has 1 aliphatic carbocycles. The molecule has 2 N–H and O–H groups in total. The van der Waals surface area contributed by atoms with Gasteiger partial charge in [-0.2, -0.15) is 0 Å².